The first-order valence-electron chi connectivity index (χ1n) is 9.08. The fraction of sp³-hybridized carbons (Fsp3) is 0.526. The predicted octanol–water partition coefficient (Wildman–Crippen LogP) is 2.42. The summed E-state index contributed by atoms with van der Waals surface area (Å²) in [5, 5.41) is 1.07. The van der Waals surface area contributed by atoms with Gasteiger partial charge in [-0.2, -0.15) is 0 Å². The van der Waals surface area contributed by atoms with Crippen LogP contribution in [0.5, 0.6) is 0 Å². The Balaban J connectivity index is 1.81. The molecule has 0 saturated carbocycles. The molecule has 1 aromatic carbocycles. The number of likely N-dealkylation sites (tertiary alicyclic amines) is 1. The summed E-state index contributed by atoms with van der Waals surface area (Å²) < 4.78 is 27.1. The molecule has 2 heterocycles. The minimum Gasteiger partial charge on any atom is -0.340 e. The molecule has 1 N–H and O–H groups in total. The van der Waals surface area contributed by atoms with E-state index in [1.54, 1.807) is 0 Å². The summed E-state index contributed by atoms with van der Waals surface area (Å²) in [6, 6.07) is 8.23. The Morgan fingerprint density at radius 1 is 1.27 bits per heavy atom. The van der Waals surface area contributed by atoms with E-state index in [1.807, 2.05) is 35.6 Å². The van der Waals surface area contributed by atoms with Crippen LogP contribution in [0.3, 0.4) is 0 Å². The zero-order chi connectivity index (χ0) is 18.9. The maximum absolute atomic E-state index is 13.2. The number of aromatic nitrogens is 1. The molecular formula is C19H27N3O3S. The molecule has 0 aliphatic carbocycles. The zero-order valence-electron chi connectivity index (χ0n) is 15.7. The molecule has 1 atom stereocenters. The second kappa shape index (κ2) is 7.40. The minimum atomic E-state index is -3.20. The van der Waals surface area contributed by atoms with Gasteiger partial charge in [-0.25, -0.2) is 13.1 Å². The lowest BCUT2D eigenvalue weighted by molar-refractivity contribution is 0.0594. The highest BCUT2D eigenvalue weighted by Gasteiger charge is 2.29. The van der Waals surface area contributed by atoms with Crippen molar-refractivity contribution in [3.63, 3.8) is 0 Å². The van der Waals surface area contributed by atoms with Crippen molar-refractivity contribution in [2.45, 2.75) is 38.6 Å². The van der Waals surface area contributed by atoms with E-state index in [1.165, 1.54) is 5.56 Å². The Morgan fingerprint density at radius 2 is 2.04 bits per heavy atom. The van der Waals surface area contributed by atoms with Crippen molar-refractivity contribution >= 4 is 26.8 Å². The fourth-order valence-electron chi connectivity index (χ4n) is 3.80. The lowest BCUT2D eigenvalue weighted by atomic mass is 9.99. The van der Waals surface area contributed by atoms with E-state index in [9.17, 15) is 13.2 Å². The Labute approximate surface area is 155 Å². The molecule has 7 heteroatoms. The lowest BCUT2D eigenvalue weighted by Gasteiger charge is -2.36. The van der Waals surface area contributed by atoms with E-state index in [2.05, 4.69) is 16.9 Å². The molecule has 1 unspecified atom stereocenters. The standard InChI is InChI=1S/C19H27N3O3S/c1-14-7-8-17-15(12-14)13-18(21(17)2)19(23)22-11-5-4-6-16(22)9-10-20-26(3,24)25/h7-8,12-13,16,20H,4-6,9-11H2,1-3H3. The van der Waals surface area contributed by atoms with Gasteiger partial charge in [0.15, 0.2) is 0 Å². The third-order valence-electron chi connectivity index (χ3n) is 5.15. The van der Waals surface area contributed by atoms with E-state index in [-0.39, 0.29) is 11.9 Å². The van der Waals surface area contributed by atoms with Crippen molar-refractivity contribution in [1.29, 1.82) is 0 Å². The Bertz CT molecular complexity index is 917. The van der Waals surface area contributed by atoms with Crippen LogP contribution in [0.15, 0.2) is 24.3 Å². The highest BCUT2D eigenvalue weighted by atomic mass is 32.2. The van der Waals surface area contributed by atoms with E-state index < -0.39 is 10.0 Å². The van der Waals surface area contributed by atoms with Gasteiger partial charge in [-0.15, -0.1) is 0 Å². The van der Waals surface area contributed by atoms with E-state index >= 15 is 0 Å². The van der Waals surface area contributed by atoms with Crippen molar-refractivity contribution in [1.82, 2.24) is 14.2 Å². The number of carbonyl (C=O) groups excluding carboxylic acids is 1. The number of carbonyl (C=O) groups is 1. The average molecular weight is 378 g/mol. The molecule has 1 aliphatic rings. The highest BCUT2D eigenvalue weighted by molar-refractivity contribution is 7.88. The maximum Gasteiger partial charge on any atom is 0.270 e. The van der Waals surface area contributed by atoms with Crippen LogP contribution in [0, 0.1) is 6.92 Å². The monoisotopic (exact) mass is 377 g/mol. The fourth-order valence-corrected chi connectivity index (χ4v) is 4.29. The van der Waals surface area contributed by atoms with Gasteiger partial charge in [-0.3, -0.25) is 4.79 Å². The topological polar surface area (TPSA) is 71.4 Å². The first-order chi connectivity index (χ1) is 12.3. The number of hydrogen-bond donors (Lipinski definition) is 1. The smallest absolute Gasteiger partial charge is 0.270 e. The number of fused-ring (bicyclic) bond motifs is 1. The lowest BCUT2D eigenvalue weighted by Crippen LogP contribution is -2.45. The number of aryl methyl sites for hydroxylation is 2. The van der Waals surface area contributed by atoms with Gasteiger partial charge in [0, 0.05) is 37.1 Å². The molecule has 26 heavy (non-hydrogen) atoms. The Kier molecular flexibility index (Phi) is 5.39. The maximum atomic E-state index is 13.2. The first kappa shape index (κ1) is 18.9. The predicted molar refractivity (Wildman–Crippen MR) is 104 cm³/mol. The molecule has 3 rings (SSSR count). The van der Waals surface area contributed by atoms with Gasteiger partial charge in [0.05, 0.1) is 6.26 Å². The molecule has 1 amide bonds. The van der Waals surface area contributed by atoms with Gasteiger partial charge >= 0.3 is 0 Å². The van der Waals surface area contributed by atoms with Crippen LogP contribution >= 0.6 is 0 Å². The van der Waals surface area contributed by atoms with Crippen LogP contribution in [0.4, 0.5) is 0 Å². The second-order valence-corrected chi connectivity index (χ2v) is 9.09. The SMILES string of the molecule is Cc1ccc2c(c1)cc(C(=O)N1CCCCC1CCNS(C)(=O)=O)n2C. The van der Waals surface area contributed by atoms with Crippen LogP contribution in [-0.4, -0.2) is 49.2 Å². The molecule has 1 saturated heterocycles. The van der Waals surface area contributed by atoms with Crippen molar-refractivity contribution in [3.8, 4) is 0 Å². The quantitative estimate of drug-likeness (QED) is 0.870. The summed E-state index contributed by atoms with van der Waals surface area (Å²) >= 11 is 0. The summed E-state index contributed by atoms with van der Waals surface area (Å²) in [6.45, 7) is 3.13. The van der Waals surface area contributed by atoms with E-state index in [4.69, 9.17) is 0 Å². The number of rotatable bonds is 5. The molecule has 0 bridgehead atoms. The van der Waals surface area contributed by atoms with Gasteiger partial charge in [0.1, 0.15) is 5.69 Å². The zero-order valence-corrected chi connectivity index (χ0v) is 16.5. The Morgan fingerprint density at radius 3 is 2.77 bits per heavy atom. The van der Waals surface area contributed by atoms with Crippen molar-refractivity contribution in [2.24, 2.45) is 7.05 Å². The van der Waals surface area contributed by atoms with Crippen LogP contribution in [0.2, 0.25) is 0 Å². The van der Waals surface area contributed by atoms with Crippen molar-refractivity contribution in [3.05, 3.63) is 35.5 Å². The molecule has 1 fully saturated rings. The van der Waals surface area contributed by atoms with Gasteiger partial charge in [-0.05, 0) is 50.8 Å². The van der Waals surface area contributed by atoms with Crippen LogP contribution in [-0.2, 0) is 17.1 Å². The van der Waals surface area contributed by atoms with Crippen LogP contribution < -0.4 is 4.72 Å². The van der Waals surface area contributed by atoms with Gasteiger partial charge in [0.2, 0.25) is 10.0 Å². The summed E-state index contributed by atoms with van der Waals surface area (Å²) in [4.78, 5) is 15.1. The largest absolute Gasteiger partial charge is 0.340 e. The van der Waals surface area contributed by atoms with Gasteiger partial charge < -0.3 is 9.47 Å². The highest BCUT2D eigenvalue weighted by Crippen LogP contribution is 2.25. The van der Waals surface area contributed by atoms with Crippen LogP contribution in [0.1, 0.15) is 41.7 Å². The van der Waals surface area contributed by atoms with E-state index in [0.717, 1.165) is 43.0 Å². The molecule has 1 aromatic heterocycles. The summed E-state index contributed by atoms with van der Waals surface area (Å²) in [5.74, 6) is 0.0328. The third-order valence-corrected chi connectivity index (χ3v) is 5.88. The van der Waals surface area contributed by atoms with Crippen molar-refractivity contribution in [2.75, 3.05) is 19.3 Å². The third kappa shape index (κ3) is 4.10. The number of amides is 1. The molecule has 1 aliphatic heterocycles. The molecule has 2 aromatic rings. The second-order valence-electron chi connectivity index (χ2n) is 7.25. The summed E-state index contributed by atoms with van der Waals surface area (Å²) in [5.41, 5.74) is 2.91. The summed E-state index contributed by atoms with van der Waals surface area (Å²) in [7, 11) is -1.27. The summed E-state index contributed by atoms with van der Waals surface area (Å²) in [6.07, 6.45) is 4.78. The average Bonchev–Trinajstić information content (AvgIpc) is 2.89. The first-order valence-corrected chi connectivity index (χ1v) is 11.0. The Hall–Kier alpha value is -1.86. The number of sulfonamides is 1. The number of nitrogens with zero attached hydrogens (tertiary/aromatic N) is 2. The molecular weight excluding hydrogens is 350 g/mol. The van der Waals surface area contributed by atoms with Crippen molar-refractivity contribution < 1.29 is 13.2 Å². The number of hydrogen-bond acceptors (Lipinski definition) is 3. The van der Waals surface area contributed by atoms with Gasteiger partial charge in [0.25, 0.3) is 5.91 Å². The molecule has 0 spiro atoms. The minimum absolute atomic E-state index is 0.0328. The normalized spacial score (nSPS) is 18.4. The van der Waals surface area contributed by atoms with Crippen LogP contribution in [0.25, 0.3) is 10.9 Å². The molecule has 142 valence electrons. The number of piperidine rings is 1. The molecule has 6 nitrogen and oxygen atoms in total. The number of nitrogens with one attached hydrogen (secondary N) is 1. The number of benzene rings is 1. The molecule has 0 radical (unpaired) electrons. The van der Waals surface area contributed by atoms with Gasteiger partial charge in [-0.1, -0.05) is 11.6 Å². The van der Waals surface area contributed by atoms with E-state index in [0.29, 0.717) is 18.7 Å².